The van der Waals surface area contributed by atoms with E-state index in [1.54, 1.807) is 31.2 Å². The van der Waals surface area contributed by atoms with Gasteiger partial charge in [-0.1, -0.05) is 54.6 Å². The van der Waals surface area contributed by atoms with Gasteiger partial charge in [-0.2, -0.15) is 0 Å². The van der Waals surface area contributed by atoms with Crippen LogP contribution in [0.25, 0.3) is 5.76 Å². The Labute approximate surface area is 151 Å². The summed E-state index contributed by atoms with van der Waals surface area (Å²) in [6, 6.07) is 16.1. The van der Waals surface area contributed by atoms with Crippen molar-refractivity contribution in [1.82, 2.24) is 5.32 Å². The standard InChI is InChI=1S/C21H19NO4/c1-13(23)12-22-20(26)17-18(24)15-10-6-7-11-16(15)21(2,19(17)25)14-8-4-3-5-9-14/h3-11,24H,12H2,1-2H3,(H,22,26)/t21-/m1/s1. The van der Waals surface area contributed by atoms with E-state index in [4.69, 9.17) is 0 Å². The van der Waals surface area contributed by atoms with Gasteiger partial charge >= 0.3 is 0 Å². The number of hydrogen-bond donors (Lipinski definition) is 2. The number of hydrogen-bond acceptors (Lipinski definition) is 4. The zero-order valence-electron chi connectivity index (χ0n) is 14.6. The van der Waals surface area contributed by atoms with E-state index in [2.05, 4.69) is 5.32 Å². The first-order valence-corrected chi connectivity index (χ1v) is 8.28. The highest BCUT2D eigenvalue weighted by Crippen LogP contribution is 2.43. The van der Waals surface area contributed by atoms with Crippen molar-refractivity contribution in [2.24, 2.45) is 0 Å². The van der Waals surface area contributed by atoms with Crippen LogP contribution in [0.5, 0.6) is 0 Å². The molecule has 2 aromatic carbocycles. The minimum Gasteiger partial charge on any atom is -0.506 e. The molecule has 0 aliphatic heterocycles. The molecule has 0 saturated carbocycles. The van der Waals surface area contributed by atoms with Crippen LogP contribution in [0.1, 0.15) is 30.5 Å². The summed E-state index contributed by atoms with van der Waals surface area (Å²) in [5.74, 6) is -1.85. The summed E-state index contributed by atoms with van der Waals surface area (Å²) in [5, 5.41) is 13.0. The van der Waals surface area contributed by atoms with Crippen molar-refractivity contribution in [1.29, 1.82) is 0 Å². The Bertz CT molecular complexity index is 930. The first kappa shape index (κ1) is 17.6. The van der Waals surface area contributed by atoms with Crippen molar-refractivity contribution in [2.45, 2.75) is 19.3 Å². The Morgan fingerprint density at radius 2 is 1.65 bits per heavy atom. The van der Waals surface area contributed by atoms with Crippen LogP contribution in [0.2, 0.25) is 0 Å². The van der Waals surface area contributed by atoms with Gasteiger partial charge in [-0.05, 0) is 25.0 Å². The van der Waals surface area contributed by atoms with E-state index in [0.29, 0.717) is 11.1 Å². The number of ketones is 2. The highest BCUT2D eigenvalue weighted by atomic mass is 16.3. The summed E-state index contributed by atoms with van der Waals surface area (Å²) in [4.78, 5) is 37.1. The Morgan fingerprint density at radius 1 is 1.04 bits per heavy atom. The van der Waals surface area contributed by atoms with Gasteiger partial charge in [0, 0.05) is 5.56 Å². The maximum atomic E-state index is 13.3. The quantitative estimate of drug-likeness (QED) is 0.831. The van der Waals surface area contributed by atoms with Crippen LogP contribution < -0.4 is 5.32 Å². The number of rotatable bonds is 4. The van der Waals surface area contributed by atoms with Crippen molar-refractivity contribution < 1.29 is 19.5 Å². The average molecular weight is 349 g/mol. The zero-order chi connectivity index (χ0) is 18.9. The third-order valence-corrected chi connectivity index (χ3v) is 4.71. The number of Topliss-reactive ketones (excluding diaryl/α,β-unsaturated/α-hetero) is 2. The van der Waals surface area contributed by atoms with Crippen molar-refractivity contribution in [3.63, 3.8) is 0 Å². The third kappa shape index (κ3) is 2.71. The summed E-state index contributed by atoms with van der Waals surface area (Å²) in [7, 11) is 0. The number of aliphatic hydroxyl groups excluding tert-OH is 1. The first-order valence-electron chi connectivity index (χ1n) is 8.28. The lowest BCUT2D eigenvalue weighted by Gasteiger charge is -2.35. The second-order valence-corrected chi connectivity index (χ2v) is 6.47. The number of fused-ring (bicyclic) bond motifs is 1. The molecule has 0 spiro atoms. The molecule has 0 saturated heterocycles. The van der Waals surface area contributed by atoms with Crippen LogP contribution in [0, 0.1) is 0 Å². The molecule has 1 atom stereocenters. The minimum absolute atomic E-state index is 0.202. The van der Waals surface area contributed by atoms with Crippen molar-refractivity contribution in [2.75, 3.05) is 6.54 Å². The highest BCUT2D eigenvalue weighted by Gasteiger charge is 2.47. The number of nitrogens with one attached hydrogen (secondary N) is 1. The van der Waals surface area contributed by atoms with Gasteiger partial charge < -0.3 is 10.4 Å². The van der Waals surface area contributed by atoms with Gasteiger partial charge in [0.1, 0.15) is 17.1 Å². The lowest BCUT2D eigenvalue weighted by molar-refractivity contribution is -0.126. The number of carbonyl (C=O) groups is 3. The van der Waals surface area contributed by atoms with E-state index in [9.17, 15) is 19.5 Å². The molecule has 132 valence electrons. The molecule has 26 heavy (non-hydrogen) atoms. The van der Waals surface area contributed by atoms with E-state index in [1.807, 2.05) is 30.3 Å². The van der Waals surface area contributed by atoms with Crippen LogP contribution in [0.15, 0.2) is 60.2 Å². The maximum Gasteiger partial charge on any atom is 0.259 e. The molecule has 0 fully saturated rings. The Morgan fingerprint density at radius 3 is 2.31 bits per heavy atom. The van der Waals surface area contributed by atoms with Crippen LogP contribution >= 0.6 is 0 Å². The van der Waals surface area contributed by atoms with E-state index in [1.165, 1.54) is 6.92 Å². The second kappa shape index (κ2) is 6.59. The second-order valence-electron chi connectivity index (χ2n) is 6.47. The highest BCUT2D eigenvalue weighted by molar-refractivity contribution is 6.29. The van der Waals surface area contributed by atoms with Crippen LogP contribution in [-0.4, -0.2) is 29.1 Å². The van der Waals surface area contributed by atoms with Crippen LogP contribution in [-0.2, 0) is 19.8 Å². The fourth-order valence-corrected chi connectivity index (χ4v) is 3.30. The Hall–Kier alpha value is -3.21. The molecule has 0 aromatic heterocycles. The smallest absolute Gasteiger partial charge is 0.259 e. The molecule has 2 aromatic rings. The van der Waals surface area contributed by atoms with E-state index in [-0.39, 0.29) is 23.7 Å². The topological polar surface area (TPSA) is 83.5 Å². The minimum atomic E-state index is -1.12. The van der Waals surface area contributed by atoms with Crippen LogP contribution in [0.4, 0.5) is 0 Å². The number of aliphatic hydroxyl groups is 1. The van der Waals surface area contributed by atoms with Gasteiger partial charge in [-0.3, -0.25) is 14.4 Å². The molecule has 0 bridgehead atoms. The molecule has 5 heteroatoms. The predicted octanol–water partition coefficient (Wildman–Crippen LogP) is 2.55. The SMILES string of the molecule is CC(=O)CNC(=O)C1=C(O)c2ccccc2[C@@](C)(c2ccccc2)C1=O. The van der Waals surface area contributed by atoms with Gasteiger partial charge in [0.25, 0.3) is 5.91 Å². The average Bonchev–Trinajstić information content (AvgIpc) is 2.65. The summed E-state index contributed by atoms with van der Waals surface area (Å²) < 4.78 is 0. The molecular weight excluding hydrogens is 330 g/mol. The molecule has 0 radical (unpaired) electrons. The number of benzene rings is 2. The Balaban J connectivity index is 2.20. The fraction of sp³-hybridized carbons (Fsp3) is 0.190. The zero-order valence-corrected chi connectivity index (χ0v) is 14.6. The van der Waals surface area contributed by atoms with Crippen molar-refractivity contribution in [3.05, 3.63) is 76.9 Å². The fourth-order valence-electron chi connectivity index (χ4n) is 3.30. The molecule has 1 amide bonds. The Kier molecular flexibility index (Phi) is 4.47. The molecule has 0 unspecified atom stereocenters. The molecular formula is C21H19NO4. The van der Waals surface area contributed by atoms with Gasteiger partial charge in [0.05, 0.1) is 12.0 Å². The maximum absolute atomic E-state index is 13.3. The lowest BCUT2D eigenvalue weighted by Crippen LogP contribution is -2.44. The lowest BCUT2D eigenvalue weighted by atomic mass is 9.66. The first-order chi connectivity index (χ1) is 12.4. The number of carbonyl (C=O) groups excluding carboxylic acids is 3. The predicted molar refractivity (Wildman–Crippen MR) is 97.6 cm³/mol. The van der Waals surface area contributed by atoms with Gasteiger partial charge in [-0.15, -0.1) is 0 Å². The summed E-state index contributed by atoms with van der Waals surface area (Å²) in [6.45, 7) is 2.88. The van der Waals surface area contributed by atoms with Crippen LogP contribution in [0.3, 0.4) is 0 Å². The summed E-state index contributed by atoms with van der Waals surface area (Å²) in [6.07, 6.45) is 0. The van der Waals surface area contributed by atoms with Crippen molar-refractivity contribution >= 4 is 23.2 Å². The largest absolute Gasteiger partial charge is 0.506 e. The van der Waals surface area contributed by atoms with E-state index >= 15 is 0 Å². The molecule has 3 rings (SSSR count). The molecule has 0 heterocycles. The molecule has 1 aliphatic carbocycles. The van der Waals surface area contributed by atoms with E-state index in [0.717, 1.165) is 5.56 Å². The third-order valence-electron chi connectivity index (χ3n) is 4.71. The van der Waals surface area contributed by atoms with E-state index < -0.39 is 17.1 Å². The number of amides is 1. The summed E-state index contributed by atoms with van der Waals surface area (Å²) >= 11 is 0. The monoisotopic (exact) mass is 349 g/mol. The van der Waals surface area contributed by atoms with Gasteiger partial charge in [0.2, 0.25) is 0 Å². The normalized spacial score (nSPS) is 19.1. The molecule has 2 N–H and O–H groups in total. The molecule has 5 nitrogen and oxygen atoms in total. The van der Waals surface area contributed by atoms with Gasteiger partial charge in [-0.25, -0.2) is 0 Å². The summed E-state index contributed by atoms with van der Waals surface area (Å²) in [5.41, 5.74) is 0.355. The van der Waals surface area contributed by atoms with Gasteiger partial charge in [0.15, 0.2) is 5.78 Å². The van der Waals surface area contributed by atoms with Crippen molar-refractivity contribution in [3.8, 4) is 0 Å². The molecule has 1 aliphatic rings.